The van der Waals surface area contributed by atoms with Crippen molar-refractivity contribution in [2.24, 2.45) is 0 Å². The van der Waals surface area contributed by atoms with Crippen molar-refractivity contribution in [1.29, 1.82) is 0 Å². The van der Waals surface area contributed by atoms with Crippen LogP contribution in [0, 0.1) is 0 Å². The minimum atomic E-state index is -6.13. The topological polar surface area (TPSA) is 13.1 Å². The Balaban J connectivity index is 0.000000387. The van der Waals surface area contributed by atoms with Crippen LogP contribution in [-0.2, 0) is 56.0 Å². The predicted molar refractivity (Wildman–Crippen MR) is 224 cm³/mol. The van der Waals surface area contributed by atoms with Gasteiger partial charge in [-0.1, -0.05) is 91.0 Å². The summed E-state index contributed by atoms with van der Waals surface area (Å²) in [5.74, 6) is 0. The highest BCUT2D eigenvalue weighted by molar-refractivity contribution is 7.20. The highest BCUT2D eigenvalue weighted by Gasteiger charge is 2.47. The summed E-state index contributed by atoms with van der Waals surface area (Å²) in [6.07, 6.45) is -59.5. The molecule has 0 aliphatic rings. The summed E-state index contributed by atoms with van der Waals surface area (Å²) in [7, 11) is 0. The smallest absolute Gasteiger partial charge is 0.342 e. The van der Waals surface area contributed by atoms with Crippen LogP contribution in [0.4, 0.5) is 119 Å². The maximum Gasteiger partial charge on any atom is 0.577 e. The van der Waals surface area contributed by atoms with Gasteiger partial charge in [0.1, 0.15) is 10.8 Å². The number of benzene rings is 6. The highest BCUT2D eigenvalue weighted by atomic mass is 32.1. The predicted octanol–water partition coefficient (Wildman–Crippen LogP) is 15.4. The Labute approximate surface area is 421 Å². The molecule has 0 radical (unpaired) electrons. The molecule has 6 aromatic carbocycles. The van der Waals surface area contributed by atoms with Crippen LogP contribution in [0.3, 0.4) is 0 Å². The van der Waals surface area contributed by atoms with Crippen molar-refractivity contribution in [3.8, 4) is 5.19 Å². The van der Waals surface area contributed by atoms with Gasteiger partial charge >= 0.3 is 61.0 Å². The Morgan fingerprint density at radius 2 is 0.590 bits per heavy atom. The summed E-state index contributed by atoms with van der Waals surface area (Å²) < 4.78 is 385. The second kappa shape index (κ2) is 20.4. The molecule has 0 fully saturated rings. The largest absolute Gasteiger partial charge is 0.577 e. The van der Waals surface area contributed by atoms with Crippen molar-refractivity contribution < 1.29 is 128 Å². The number of nitrogens with zero attached hydrogens (tertiary/aromatic N) is 1. The number of rotatable bonds is 7. The van der Waals surface area contributed by atoms with Crippen LogP contribution in [0.2, 0.25) is 0 Å². The average Bonchev–Trinajstić information content (AvgIpc) is 3.62. The normalized spacial score (nSPS) is 13.6. The first-order valence-corrected chi connectivity index (χ1v) is 21.7. The van der Waals surface area contributed by atoms with Gasteiger partial charge in [0.25, 0.3) is 0 Å². The fraction of sp³-hybridized carbons (Fsp3) is 0.213. The van der Waals surface area contributed by atoms with Gasteiger partial charge in [-0.2, -0.15) is 127 Å². The summed E-state index contributed by atoms with van der Waals surface area (Å²) in [4.78, 5) is 0. The molecular formula is C47H23BF27NOS. The Kier molecular flexibility index (Phi) is 15.8. The van der Waals surface area contributed by atoms with E-state index in [1.807, 2.05) is 30.3 Å². The second-order valence-electron chi connectivity index (χ2n) is 16.7. The van der Waals surface area contributed by atoms with Gasteiger partial charge in [0, 0.05) is 11.6 Å². The third kappa shape index (κ3) is 13.7. The molecule has 7 rings (SSSR count). The van der Waals surface area contributed by atoms with Crippen molar-refractivity contribution in [3.63, 3.8) is 0 Å². The van der Waals surface area contributed by atoms with Crippen LogP contribution in [0.5, 0.6) is 5.19 Å². The maximum absolute atomic E-state index is 14.2. The lowest BCUT2D eigenvalue weighted by atomic mass is 9.12. The Morgan fingerprint density at radius 3 is 0.846 bits per heavy atom. The number of halogens is 27. The molecule has 0 atom stereocenters. The second-order valence-corrected chi connectivity index (χ2v) is 17.7. The standard InChI is InChI=1S/C32H12BF24.C15H11F3NOS/c34-25(35,36)13-1-14(26(37,38)39)6-21(5-13)33(22-7-15(27(40,41)42)2-16(8-22)28(43,44)45,23-9-17(29(46,47)48)3-18(10-23)30(49,50)51)24-11-19(31(52,53)54)4-20(12-24)32(55,56)57;16-15(17,18)20-14-19(10-11-6-2-1-3-7-11)12-8-4-5-9-13(12)21-14/h1-12H;1-9H,10H2/q-1;+1. The van der Waals surface area contributed by atoms with E-state index in [2.05, 4.69) is 4.74 Å². The fourth-order valence-electron chi connectivity index (χ4n) is 8.18. The number of ether oxygens (including phenoxy) is 1. The first-order valence-electron chi connectivity index (χ1n) is 20.9. The van der Waals surface area contributed by atoms with Crippen molar-refractivity contribution in [2.45, 2.75) is 62.3 Å². The first kappa shape index (κ1) is 60.4. The number of hydrogen-bond acceptors (Lipinski definition) is 2. The zero-order valence-electron chi connectivity index (χ0n) is 37.4. The van der Waals surface area contributed by atoms with E-state index in [9.17, 15) is 119 Å². The van der Waals surface area contributed by atoms with Gasteiger partial charge in [-0.25, -0.2) is 0 Å². The van der Waals surface area contributed by atoms with Crippen molar-refractivity contribution in [2.75, 3.05) is 0 Å². The molecule has 2 nitrogen and oxygen atoms in total. The van der Waals surface area contributed by atoms with Gasteiger partial charge in [-0.05, 0) is 41.7 Å². The molecule has 0 aliphatic heterocycles. The van der Waals surface area contributed by atoms with Gasteiger partial charge < -0.3 is 4.74 Å². The molecular weight excluding hydrogens is 1150 g/mol. The zero-order valence-corrected chi connectivity index (χ0v) is 38.2. The lowest BCUT2D eigenvalue weighted by Gasteiger charge is -2.46. The van der Waals surface area contributed by atoms with E-state index in [1.165, 1.54) is 0 Å². The number of thiazole rings is 1. The lowest BCUT2D eigenvalue weighted by molar-refractivity contribution is -0.668. The molecule has 0 N–H and O–H groups in total. The highest BCUT2D eigenvalue weighted by Crippen LogP contribution is 2.42. The Morgan fingerprint density at radius 1 is 0.333 bits per heavy atom. The fourth-order valence-corrected chi connectivity index (χ4v) is 9.20. The quantitative estimate of drug-likeness (QED) is 0.0881. The molecule has 0 spiro atoms. The van der Waals surface area contributed by atoms with E-state index in [-0.39, 0.29) is 5.19 Å². The maximum atomic E-state index is 14.2. The van der Waals surface area contributed by atoms with Crippen LogP contribution in [0.25, 0.3) is 10.2 Å². The van der Waals surface area contributed by atoms with E-state index in [0.29, 0.717) is 6.54 Å². The summed E-state index contributed by atoms with van der Waals surface area (Å²) >= 11 is 0.991. The van der Waals surface area contributed by atoms with Gasteiger partial charge in [0.05, 0.1) is 44.5 Å². The number of hydrogen-bond donors (Lipinski definition) is 0. The van der Waals surface area contributed by atoms with Gasteiger partial charge in [0.2, 0.25) is 5.52 Å². The molecule has 1 heterocycles. The SMILES string of the molecule is FC(F)(F)Oc1sc2ccccc2[n+]1Cc1ccccc1.FC(F)(F)c1cc([B-](c2cc(C(F)(F)F)cc(C(F)(F)F)c2)(c2cc(C(F)(F)F)cc(C(F)(F)F)c2)c2cc(C(F)(F)F)cc(C(F)(F)F)c2)cc(C(F)(F)F)c1. The number of aromatic nitrogens is 1. The van der Waals surface area contributed by atoms with Crippen molar-refractivity contribution in [3.05, 3.63) is 177 Å². The van der Waals surface area contributed by atoms with E-state index in [4.69, 9.17) is 0 Å². The Hall–Kier alpha value is -6.82. The molecule has 7 aromatic rings. The number of fused-ring (bicyclic) bond motifs is 1. The number of alkyl halides is 27. The molecule has 1 aromatic heterocycles. The van der Waals surface area contributed by atoms with E-state index in [0.717, 1.165) is 27.1 Å². The molecule has 31 heteroatoms. The average molecular weight is 1170 g/mol. The minimum absolute atomic E-state index is 0.160. The molecule has 0 aliphatic carbocycles. The van der Waals surface area contributed by atoms with Crippen LogP contribution in [0.1, 0.15) is 50.1 Å². The minimum Gasteiger partial charge on any atom is -0.342 e. The lowest BCUT2D eigenvalue weighted by Crippen LogP contribution is -2.75. The van der Waals surface area contributed by atoms with Gasteiger partial charge in [0.15, 0.2) is 6.54 Å². The zero-order chi connectivity index (χ0) is 58.8. The molecule has 0 bridgehead atoms. The van der Waals surface area contributed by atoms with Gasteiger partial charge in [-0.3, -0.25) is 0 Å². The summed E-state index contributed by atoms with van der Waals surface area (Å²) in [5.41, 5.74) is -28.6. The molecule has 0 amide bonds. The van der Waals surface area contributed by atoms with E-state index < -0.39 is 201 Å². The van der Waals surface area contributed by atoms with Gasteiger partial charge in [-0.15, -0.1) is 17.7 Å². The van der Waals surface area contributed by atoms with Crippen LogP contribution >= 0.6 is 11.3 Å². The Bertz CT molecular complexity index is 2840. The number of para-hydroxylation sites is 1. The summed E-state index contributed by atoms with van der Waals surface area (Å²) in [5, 5.41) is -0.160. The van der Waals surface area contributed by atoms with Crippen LogP contribution in [0.15, 0.2) is 127 Å². The summed E-state index contributed by atoms with van der Waals surface area (Å²) in [6.45, 7) is 0.330. The molecule has 0 unspecified atom stereocenters. The first-order chi connectivity index (χ1) is 35.3. The third-order valence-corrected chi connectivity index (χ3v) is 12.4. The summed E-state index contributed by atoms with van der Waals surface area (Å²) in [6, 6.07) is 7.68. The molecule has 78 heavy (non-hydrogen) atoms. The monoisotopic (exact) mass is 1170 g/mol. The van der Waals surface area contributed by atoms with Crippen LogP contribution < -0.4 is 31.2 Å². The molecule has 0 saturated carbocycles. The van der Waals surface area contributed by atoms with Crippen molar-refractivity contribution >= 4 is 49.6 Å². The van der Waals surface area contributed by atoms with Crippen LogP contribution in [-0.4, -0.2) is 12.5 Å². The molecule has 0 saturated heterocycles. The third-order valence-electron chi connectivity index (χ3n) is 11.4. The van der Waals surface area contributed by atoms with E-state index in [1.54, 1.807) is 28.8 Å². The van der Waals surface area contributed by atoms with E-state index >= 15 is 0 Å². The molecule has 420 valence electrons. The van der Waals surface area contributed by atoms with Crippen molar-refractivity contribution in [1.82, 2.24) is 0 Å².